The first-order valence-corrected chi connectivity index (χ1v) is 4.66. The number of benzene rings is 1. The highest BCUT2D eigenvalue weighted by atomic mass is 35.5. The highest BCUT2D eigenvalue weighted by Gasteiger charge is 2.34. The number of hydrogen-bond acceptors (Lipinski definition) is 1. The van der Waals surface area contributed by atoms with Crippen molar-refractivity contribution in [2.45, 2.75) is 18.8 Å². The van der Waals surface area contributed by atoms with Crippen LogP contribution in [0.4, 0.5) is 8.78 Å². The average Bonchev–Trinajstić information content (AvgIpc) is 2.02. The van der Waals surface area contributed by atoms with Crippen LogP contribution in [0, 0.1) is 0 Å². The summed E-state index contributed by atoms with van der Waals surface area (Å²) in [5.74, 6) is -3.79. The summed E-state index contributed by atoms with van der Waals surface area (Å²) in [7, 11) is 0. The molecule has 1 unspecified atom stereocenters. The fourth-order valence-electron chi connectivity index (χ4n) is 1.36. The van der Waals surface area contributed by atoms with E-state index in [4.69, 9.17) is 17.3 Å². The minimum Gasteiger partial charge on any atom is -0.330 e. The molecule has 0 saturated heterocycles. The van der Waals surface area contributed by atoms with Crippen LogP contribution in [0.2, 0.25) is 5.02 Å². The SMILES string of the molecule is CC(F)(F)C(CN)c1cccc(Cl)c1. The van der Waals surface area contributed by atoms with Gasteiger partial charge in [-0.3, -0.25) is 0 Å². The summed E-state index contributed by atoms with van der Waals surface area (Å²) in [6, 6.07) is 6.43. The molecule has 0 saturated carbocycles. The van der Waals surface area contributed by atoms with E-state index < -0.39 is 11.8 Å². The van der Waals surface area contributed by atoms with E-state index in [9.17, 15) is 8.78 Å². The van der Waals surface area contributed by atoms with Crippen LogP contribution >= 0.6 is 11.6 Å². The molecule has 1 nitrogen and oxygen atoms in total. The van der Waals surface area contributed by atoms with Crippen molar-refractivity contribution in [2.24, 2.45) is 5.73 Å². The monoisotopic (exact) mass is 219 g/mol. The van der Waals surface area contributed by atoms with E-state index >= 15 is 0 Å². The van der Waals surface area contributed by atoms with Crippen molar-refractivity contribution in [3.05, 3.63) is 34.9 Å². The van der Waals surface area contributed by atoms with Crippen molar-refractivity contribution in [2.75, 3.05) is 6.54 Å². The summed E-state index contributed by atoms with van der Waals surface area (Å²) in [4.78, 5) is 0. The molecule has 0 amide bonds. The molecule has 0 aliphatic heterocycles. The Morgan fingerprint density at radius 1 is 1.50 bits per heavy atom. The van der Waals surface area contributed by atoms with Crippen molar-refractivity contribution in [1.82, 2.24) is 0 Å². The third-order valence-corrected chi connectivity index (χ3v) is 2.33. The lowest BCUT2D eigenvalue weighted by Crippen LogP contribution is -2.29. The molecule has 2 N–H and O–H groups in total. The number of alkyl halides is 2. The lowest BCUT2D eigenvalue weighted by Gasteiger charge is -2.22. The van der Waals surface area contributed by atoms with E-state index in [0.717, 1.165) is 6.92 Å². The first-order chi connectivity index (χ1) is 6.45. The molecule has 0 spiro atoms. The molecule has 4 heteroatoms. The Bertz CT molecular complexity index is 309. The largest absolute Gasteiger partial charge is 0.330 e. The Labute approximate surface area is 86.9 Å². The van der Waals surface area contributed by atoms with Crippen LogP contribution < -0.4 is 5.73 Å². The summed E-state index contributed by atoms with van der Waals surface area (Å²) in [5, 5.41) is 0.449. The van der Waals surface area contributed by atoms with Gasteiger partial charge in [-0.15, -0.1) is 0 Å². The molecule has 1 atom stereocenters. The topological polar surface area (TPSA) is 26.0 Å². The maximum Gasteiger partial charge on any atom is 0.253 e. The van der Waals surface area contributed by atoms with Crippen LogP contribution in [0.25, 0.3) is 0 Å². The molecule has 0 radical (unpaired) electrons. The summed E-state index contributed by atoms with van der Waals surface area (Å²) in [6.07, 6.45) is 0. The van der Waals surface area contributed by atoms with Crippen LogP contribution in [0.15, 0.2) is 24.3 Å². The Morgan fingerprint density at radius 3 is 2.57 bits per heavy atom. The molecular weight excluding hydrogens is 208 g/mol. The van der Waals surface area contributed by atoms with E-state index in [2.05, 4.69) is 0 Å². The van der Waals surface area contributed by atoms with Gasteiger partial charge in [0, 0.05) is 18.5 Å². The molecular formula is C10H12ClF2N. The van der Waals surface area contributed by atoms with Gasteiger partial charge in [0.15, 0.2) is 0 Å². The zero-order valence-corrected chi connectivity index (χ0v) is 8.56. The first-order valence-electron chi connectivity index (χ1n) is 4.28. The Kier molecular flexibility index (Phi) is 3.45. The van der Waals surface area contributed by atoms with Gasteiger partial charge in [-0.2, -0.15) is 0 Å². The predicted octanol–water partition coefficient (Wildman–Crippen LogP) is 3.04. The minimum absolute atomic E-state index is 0.0934. The maximum atomic E-state index is 13.1. The van der Waals surface area contributed by atoms with E-state index in [0.29, 0.717) is 10.6 Å². The van der Waals surface area contributed by atoms with Gasteiger partial charge in [-0.05, 0) is 17.7 Å². The maximum absolute atomic E-state index is 13.1. The van der Waals surface area contributed by atoms with Crippen LogP contribution in [-0.2, 0) is 0 Å². The Morgan fingerprint density at radius 2 is 2.14 bits per heavy atom. The highest BCUT2D eigenvalue weighted by molar-refractivity contribution is 6.30. The zero-order valence-electron chi connectivity index (χ0n) is 7.81. The molecule has 1 rings (SSSR count). The lowest BCUT2D eigenvalue weighted by atomic mass is 9.94. The molecule has 1 aromatic carbocycles. The Balaban J connectivity index is 3.01. The molecule has 78 valence electrons. The van der Waals surface area contributed by atoms with E-state index in [-0.39, 0.29) is 6.54 Å². The number of rotatable bonds is 3. The van der Waals surface area contributed by atoms with E-state index in [1.807, 2.05) is 0 Å². The van der Waals surface area contributed by atoms with Gasteiger partial charge < -0.3 is 5.73 Å². The second-order valence-corrected chi connectivity index (χ2v) is 3.74. The summed E-state index contributed by atoms with van der Waals surface area (Å²) >= 11 is 5.71. The van der Waals surface area contributed by atoms with Crippen molar-refractivity contribution in [3.8, 4) is 0 Å². The molecule has 1 aromatic rings. The zero-order chi connectivity index (χ0) is 10.8. The quantitative estimate of drug-likeness (QED) is 0.831. The summed E-state index contributed by atoms with van der Waals surface area (Å²) in [6.45, 7) is 0.773. The molecule has 0 aliphatic carbocycles. The standard InChI is InChI=1S/C10H12ClF2N/c1-10(12,13)9(6-14)7-3-2-4-8(11)5-7/h2-5,9H,6,14H2,1H3. The van der Waals surface area contributed by atoms with Gasteiger partial charge in [0.25, 0.3) is 5.92 Å². The van der Waals surface area contributed by atoms with E-state index in [1.54, 1.807) is 18.2 Å². The normalized spacial score (nSPS) is 14.1. The fraction of sp³-hybridized carbons (Fsp3) is 0.400. The molecule has 0 heterocycles. The van der Waals surface area contributed by atoms with Crippen molar-refractivity contribution in [1.29, 1.82) is 0 Å². The summed E-state index contributed by atoms with van der Waals surface area (Å²) in [5.41, 5.74) is 5.80. The molecule has 0 bridgehead atoms. The van der Waals surface area contributed by atoms with Gasteiger partial charge in [0.2, 0.25) is 0 Å². The predicted molar refractivity (Wildman–Crippen MR) is 53.9 cm³/mol. The average molecular weight is 220 g/mol. The number of halogens is 3. The second-order valence-electron chi connectivity index (χ2n) is 3.30. The Hall–Kier alpha value is -0.670. The number of nitrogens with two attached hydrogens (primary N) is 1. The molecule has 0 aromatic heterocycles. The molecule has 14 heavy (non-hydrogen) atoms. The van der Waals surface area contributed by atoms with Gasteiger partial charge in [0.1, 0.15) is 0 Å². The van der Waals surface area contributed by atoms with Crippen LogP contribution in [-0.4, -0.2) is 12.5 Å². The minimum atomic E-state index is -2.82. The van der Waals surface area contributed by atoms with Crippen LogP contribution in [0.1, 0.15) is 18.4 Å². The third-order valence-electron chi connectivity index (χ3n) is 2.10. The number of hydrogen-bond donors (Lipinski definition) is 1. The second kappa shape index (κ2) is 4.24. The van der Waals surface area contributed by atoms with Crippen molar-refractivity contribution in [3.63, 3.8) is 0 Å². The smallest absolute Gasteiger partial charge is 0.253 e. The van der Waals surface area contributed by atoms with Crippen molar-refractivity contribution >= 4 is 11.6 Å². The van der Waals surface area contributed by atoms with Gasteiger partial charge >= 0.3 is 0 Å². The third kappa shape index (κ3) is 2.66. The van der Waals surface area contributed by atoms with E-state index in [1.165, 1.54) is 6.07 Å². The molecule has 0 fully saturated rings. The fourth-order valence-corrected chi connectivity index (χ4v) is 1.56. The lowest BCUT2D eigenvalue weighted by molar-refractivity contribution is -0.00517. The van der Waals surface area contributed by atoms with Gasteiger partial charge in [0.05, 0.1) is 5.92 Å². The summed E-state index contributed by atoms with van der Waals surface area (Å²) < 4.78 is 26.2. The van der Waals surface area contributed by atoms with Gasteiger partial charge in [-0.1, -0.05) is 23.7 Å². The van der Waals surface area contributed by atoms with Gasteiger partial charge in [-0.25, -0.2) is 8.78 Å². The molecule has 0 aliphatic rings. The van der Waals surface area contributed by atoms with Crippen LogP contribution in [0.5, 0.6) is 0 Å². The van der Waals surface area contributed by atoms with Crippen LogP contribution in [0.3, 0.4) is 0 Å². The highest BCUT2D eigenvalue weighted by Crippen LogP contribution is 2.32. The first kappa shape index (κ1) is 11.4. The van der Waals surface area contributed by atoms with Crippen molar-refractivity contribution < 1.29 is 8.78 Å².